The minimum atomic E-state index is -0.169. The van der Waals surface area contributed by atoms with Gasteiger partial charge in [-0.15, -0.1) is 0 Å². The molecule has 1 aromatic heterocycles. The van der Waals surface area contributed by atoms with Crippen LogP contribution in [-0.2, 0) is 0 Å². The zero-order valence-corrected chi connectivity index (χ0v) is 11.0. The molecule has 1 heterocycles. The SMILES string of the molecule is CCNC(c1coc(C)c1)c1ccc(F)c(C)c1. The summed E-state index contributed by atoms with van der Waals surface area (Å²) in [6.07, 6.45) is 1.75. The molecule has 0 fully saturated rings. The second-order valence-corrected chi connectivity index (χ2v) is 4.49. The zero-order chi connectivity index (χ0) is 13.1. The summed E-state index contributed by atoms with van der Waals surface area (Å²) >= 11 is 0. The number of hydrogen-bond donors (Lipinski definition) is 1. The topological polar surface area (TPSA) is 25.2 Å². The fourth-order valence-corrected chi connectivity index (χ4v) is 2.09. The molecule has 18 heavy (non-hydrogen) atoms. The van der Waals surface area contributed by atoms with E-state index in [9.17, 15) is 4.39 Å². The number of halogens is 1. The molecule has 1 N–H and O–H groups in total. The fraction of sp³-hybridized carbons (Fsp3) is 0.333. The van der Waals surface area contributed by atoms with Gasteiger partial charge in [0, 0.05) is 5.56 Å². The molecular weight excluding hydrogens is 229 g/mol. The highest BCUT2D eigenvalue weighted by molar-refractivity contribution is 5.33. The molecule has 2 nitrogen and oxygen atoms in total. The van der Waals surface area contributed by atoms with Crippen molar-refractivity contribution in [3.63, 3.8) is 0 Å². The number of furan rings is 1. The second kappa shape index (κ2) is 5.36. The number of benzene rings is 1. The normalized spacial score (nSPS) is 12.7. The van der Waals surface area contributed by atoms with Crippen molar-refractivity contribution in [2.24, 2.45) is 0 Å². The molecule has 0 amide bonds. The number of nitrogens with one attached hydrogen (secondary N) is 1. The summed E-state index contributed by atoms with van der Waals surface area (Å²) < 4.78 is 18.7. The second-order valence-electron chi connectivity index (χ2n) is 4.49. The van der Waals surface area contributed by atoms with Crippen LogP contribution in [0.15, 0.2) is 34.9 Å². The van der Waals surface area contributed by atoms with E-state index in [2.05, 4.69) is 12.2 Å². The molecule has 0 aliphatic carbocycles. The Hall–Kier alpha value is -1.61. The Labute approximate surface area is 107 Å². The molecule has 1 unspecified atom stereocenters. The van der Waals surface area contributed by atoms with E-state index in [1.54, 1.807) is 13.2 Å². The molecule has 0 aliphatic rings. The van der Waals surface area contributed by atoms with Crippen molar-refractivity contribution in [3.8, 4) is 0 Å². The Bertz CT molecular complexity index is 533. The molecule has 1 atom stereocenters. The van der Waals surface area contributed by atoms with Gasteiger partial charge in [-0.05, 0) is 43.7 Å². The first kappa shape index (κ1) is 12.8. The van der Waals surface area contributed by atoms with Crippen LogP contribution in [-0.4, -0.2) is 6.54 Å². The Kier molecular flexibility index (Phi) is 3.82. The molecule has 0 aliphatic heterocycles. The maximum Gasteiger partial charge on any atom is 0.126 e. The predicted octanol–water partition coefficient (Wildman–Crippen LogP) is 3.73. The monoisotopic (exact) mass is 247 g/mol. The maximum absolute atomic E-state index is 13.3. The minimum Gasteiger partial charge on any atom is -0.469 e. The van der Waals surface area contributed by atoms with E-state index in [4.69, 9.17) is 4.42 Å². The van der Waals surface area contributed by atoms with Gasteiger partial charge in [0.2, 0.25) is 0 Å². The third kappa shape index (κ3) is 2.62. The predicted molar refractivity (Wildman–Crippen MR) is 70.1 cm³/mol. The van der Waals surface area contributed by atoms with E-state index < -0.39 is 0 Å². The van der Waals surface area contributed by atoms with Crippen LogP contribution in [0.4, 0.5) is 4.39 Å². The van der Waals surface area contributed by atoms with Gasteiger partial charge in [-0.25, -0.2) is 4.39 Å². The van der Waals surface area contributed by atoms with Crippen LogP contribution in [0.3, 0.4) is 0 Å². The third-order valence-corrected chi connectivity index (χ3v) is 3.01. The van der Waals surface area contributed by atoms with Crippen molar-refractivity contribution in [2.75, 3.05) is 6.54 Å². The number of rotatable bonds is 4. The lowest BCUT2D eigenvalue weighted by Gasteiger charge is -2.17. The van der Waals surface area contributed by atoms with Gasteiger partial charge in [0.15, 0.2) is 0 Å². The van der Waals surface area contributed by atoms with Crippen molar-refractivity contribution < 1.29 is 8.81 Å². The van der Waals surface area contributed by atoms with Crippen LogP contribution >= 0.6 is 0 Å². The highest BCUT2D eigenvalue weighted by Gasteiger charge is 2.15. The minimum absolute atomic E-state index is 0.0479. The van der Waals surface area contributed by atoms with Gasteiger partial charge >= 0.3 is 0 Å². The quantitative estimate of drug-likeness (QED) is 0.890. The van der Waals surface area contributed by atoms with Crippen molar-refractivity contribution in [3.05, 3.63) is 58.8 Å². The molecule has 2 aromatic rings. The molecule has 0 saturated carbocycles. The van der Waals surface area contributed by atoms with Crippen molar-refractivity contribution in [1.29, 1.82) is 0 Å². The highest BCUT2D eigenvalue weighted by Crippen LogP contribution is 2.25. The van der Waals surface area contributed by atoms with E-state index >= 15 is 0 Å². The summed E-state index contributed by atoms with van der Waals surface area (Å²) in [6, 6.07) is 7.27. The summed E-state index contributed by atoms with van der Waals surface area (Å²) in [6.45, 7) is 6.59. The van der Waals surface area contributed by atoms with E-state index in [-0.39, 0.29) is 11.9 Å². The smallest absolute Gasteiger partial charge is 0.126 e. The van der Waals surface area contributed by atoms with Crippen LogP contribution in [0.25, 0.3) is 0 Å². The summed E-state index contributed by atoms with van der Waals surface area (Å²) in [5.74, 6) is 0.712. The molecular formula is C15H18FNO. The van der Waals surface area contributed by atoms with Crippen molar-refractivity contribution in [2.45, 2.75) is 26.8 Å². The Morgan fingerprint density at radius 2 is 2.00 bits per heavy atom. The lowest BCUT2D eigenvalue weighted by Crippen LogP contribution is -2.21. The molecule has 0 radical (unpaired) electrons. The average molecular weight is 247 g/mol. The van der Waals surface area contributed by atoms with Gasteiger partial charge in [0.25, 0.3) is 0 Å². The maximum atomic E-state index is 13.3. The van der Waals surface area contributed by atoms with Gasteiger partial charge in [-0.1, -0.05) is 19.1 Å². The summed E-state index contributed by atoms with van der Waals surface area (Å²) in [4.78, 5) is 0. The van der Waals surface area contributed by atoms with Crippen molar-refractivity contribution >= 4 is 0 Å². The van der Waals surface area contributed by atoms with Crippen LogP contribution in [0.1, 0.15) is 35.4 Å². The van der Waals surface area contributed by atoms with Gasteiger partial charge in [0.1, 0.15) is 11.6 Å². The fourth-order valence-electron chi connectivity index (χ4n) is 2.09. The van der Waals surface area contributed by atoms with E-state index in [0.717, 1.165) is 23.4 Å². The number of aryl methyl sites for hydroxylation is 2. The van der Waals surface area contributed by atoms with E-state index in [1.165, 1.54) is 6.07 Å². The van der Waals surface area contributed by atoms with Crippen molar-refractivity contribution in [1.82, 2.24) is 5.32 Å². The summed E-state index contributed by atoms with van der Waals surface area (Å²) in [5.41, 5.74) is 2.78. The van der Waals surface area contributed by atoms with Gasteiger partial charge < -0.3 is 9.73 Å². The Morgan fingerprint density at radius 1 is 1.22 bits per heavy atom. The summed E-state index contributed by atoms with van der Waals surface area (Å²) in [7, 11) is 0. The standard InChI is InChI=1S/C15H18FNO/c1-4-17-15(13-8-11(3)18-9-13)12-5-6-14(16)10(2)7-12/h5-9,15,17H,4H2,1-3H3. The lowest BCUT2D eigenvalue weighted by molar-refractivity contribution is 0.525. The van der Waals surface area contributed by atoms with E-state index in [0.29, 0.717) is 5.56 Å². The Balaban J connectivity index is 2.37. The highest BCUT2D eigenvalue weighted by atomic mass is 19.1. The lowest BCUT2D eigenvalue weighted by atomic mass is 9.99. The zero-order valence-electron chi connectivity index (χ0n) is 11.0. The first-order valence-electron chi connectivity index (χ1n) is 6.16. The molecule has 0 saturated heterocycles. The van der Waals surface area contributed by atoms with Crippen LogP contribution < -0.4 is 5.32 Å². The van der Waals surface area contributed by atoms with Crippen LogP contribution in [0.5, 0.6) is 0 Å². The molecule has 0 spiro atoms. The third-order valence-electron chi connectivity index (χ3n) is 3.01. The average Bonchev–Trinajstić information content (AvgIpc) is 2.76. The van der Waals surface area contributed by atoms with Crippen LogP contribution in [0, 0.1) is 19.7 Å². The Morgan fingerprint density at radius 3 is 2.56 bits per heavy atom. The van der Waals surface area contributed by atoms with E-state index in [1.807, 2.05) is 25.1 Å². The van der Waals surface area contributed by atoms with Gasteiger partial charge in [0.05, 0.1) is 12.3 Å². The van der Waals surface area contributed by atoms with Crippen LogP contribution in [0.2, 0.25) is 0 Å². The first-order chi connectivity index (χ1) is 8.61. The molecule has 2 rings (SSSR count). The molecule has 96 valence electrons. The summed E-state index contributed by atoms with van der Waals surface area (Å²) in [5, 5.41) is 3.39. The first-order valence-corrected chi connectivity index (χ1v) is 6.16. The molecule has 3 heteroatoms. The molecule has 0 bridgehead atoms. The van der Waals surface area contributed by atoms with Gasteiger partial charge in [-0.3, -0.25) is 0 Å². The van der Waals surface area contributed by atoms with Gasteiger partial charge in [-0.2, -0.15) is 0 Å². The molecule has 1 aromatic carbocycles. The number of hydrogen-bond acceptors (Lipinski definition) is 2. The largest absolute Gasteiger partial charge is 0.469 e.